The fourth-order valence-corrected chi connectivity index (χ4v) is 3.76. The van der Waals surface area contributed by atoms with Crippen molar-refractivity contribution in [3.05, 3.63) is 71.9 Å². The van der Waals surface area contributed by atoms with Crippen LogP contribution in [0.3, 0.4) is 0 Å². The number of anilines is 1. The van der Waals surface area contributed by atoms with E-state index in [2.05, 4.69) is 20.6 Å². The summed E-state index contributed by atoms with van der Waals surface area (Å²) in [5.74, 6) is -1.54. The summed E-state index contributed by atoms with van der Waals surface area (Å²) in [5.41, 5.74) is 0.161. The topological polar surface area (TPSA) is 85.4 Å². The lowest BCUT2D eigenvalue weighted by molar-refractivity contribution is 0.247. The van der Waals surface area contributed by atoms with Crippen molar-refractivity contribution >= 4 is 11.8 Å². The van der Waals surface area contributed by atoms with Crippen LogP contribution in [0, 0.1) is 23.5 Å². The van der Waals surface area contributed by atoms with Gasteiger partial charge < -0.3 is 14.8 Å². The number of benzene rings is 1. The van der Waals surface area contributed by atoms with E-state index < -0.39 is 23.6 Å². The predicted octanol–water partition coefficient (Wildman–Crippen LogP) is 3.98. The minimum atomic E-state index is -0.670. The smallest absolute Gasteiger partial charge is 0.320 e. The molecule has 2 aliphatic rings. The van der Waals surface area contributed by atoms with E-state index in [1.165, 1.54) is 24.5 Å². The molecule has 1 aromatic carbocycles. The maximum absolute atomic E-state index is 14.2. The quantitative estimate of drug-likeness (QED) is 0.614. The van der Waals surface area contributed by atoms with Gasteiger partial charge in [-0.25, -0.2) is 23.5 Å². The highest BCUT2D eigenvalue weighted by Gasteiger charge is 2.57. The molecule has 0 saturated heterocycles. The van der Waals surface area contributed by atoms with E-state index in [0.717, 1.165) is 18.2 Å². The number of ether oxygens (including phenoxy) is 2. The Morgan fingerprint density at radius 3 is 2.68 bits per heavy atom. The first-order chi connectivity index (χ1) is 15.0. The number of urea groups is 1. The molecular weight excluding hydrogens is 413 g/mol. The van der Waals surface area contributed by atoms with Crippen molar-refractivity contribution in [2.75, 3.05) is 11.9 Å². The summed E-state index contributed by atoms with van der Waals surface area (Å²) < 4.78 is 52.0. The molecule has 2 amide bonds. The number of halogens is 3. The van der Waals surface area contributed by atoms with Gasteiger partial charge in [0.2, 0.25) is 5.95 Å². The Morgan fingerprint density at radius 2 is 1.90 bits per heavy atom. The van der Waals surface area contributed by atoms with Crippen LogP contribution < -0.4 is 20.1 Å². The number of nitrogens with zero attached hydrogens (tertiary/aromatic N) is 2. The Balaban J connectivity index is 1.20. The Bertz CT molecular complexity index is 1160. The van der Waals surface area contributed by atoms with Gasteiger partial charge in [-0.2, -0.15) is 4.39 Å². The monoisotopic (exact) mass is 428 g/mol. The largest absolute Gasteiger partial charge is 0.490 e. The molecule has 0 bridgehead atoms. The molecule has 158 valence electrons. The lowest BCUT2D eigenvalue weighted by Crippen LogP contribution is -2.32. The Hall–Kier alpha value is -3.82. The molecule has 1 saturated carbocycles. The predicted molar refractivity (Wildman–Crippen MR) is 103 cm³/mol. The number of pyridine rings is 2. The molecule has 1 aliphatic carbocycles. The molecule has 3 aromatic rings. The highest BCUT2D eigenvalue weighted by atomic mass is 19.1. The van der Waals surface area contributed by atoms with Gasteiger partial charge in [0.15, 0.2) is 11.6 Å². The van der Waals surface area contributed by atoms with Gasteiger partial charge in [0.1, 0.15) is 23.1 Å². The summed E-state index contributed by atoms with van der Waals surface area (Å²) in [5, 5.41) is 5.33. The molecule has 31 heavy (non-hydrogen) atoms. The third kappa shape index (κ3) is 3.72. The van der Waals surface area contributed by atoms with E-state index >= 15 is 0 Å². The van der Waals surface area contributed by atoms with Gasteiger partial charge in [0.25, 0.3) is 0 Å². The van der Waals surface area contributed by atoms with E-state index in [1.807, 2.05) is 0 Å². The third-order valence-corrected chi connectivity index (χ3v) is 5.23. The molecule has 5 rings (SSSR count). The second kappa shape index (κ2) is 7.46. The minimum Gasteiger partial charge on any atom is -0.490 e. The molecule has 0 radical (unpaired) electrons. The average Bonchev–Trinajstić information content (AvgIpc) is 3.44. The van der Waals surface area contributed by atoms with Crippen LogP contribution >= 0.6 is 0 Å². The van der Waals surface area contributed by atoms with Crippen LogP contribution in [0.1, 0.15) is 11.5 Å². The standard InChI is InChI=1S/C21H15F3N4O3/c22-13-2-3-14(23)20-18(13)17-12(9-30-20)19(17)28-21(29)27-16-4-1-11(8-26-16)31-10-5-6-25-15(24)7-10/h1-8,12,17,19H,9H2,(H2,26,27,28,29). The van der Waals surface area contributed by atoms with E-state index in [0.29, 0.717) is 5.75 Å². The van der Waals surface area contributed by atoms with Gasteiger partial charge in [0, 0.05) is 35.7 Å². The Morgan fingerprint density at radius 1 is 1.06 bits per heavy atom. The Kier molecular flexibility index (Phi) is 4.61. The number of nitrogens with one attached hydrogen (secondary N) is 2. The van der Waals surface area contributed by atoms with Gasteiger partial charge >= 0.3 is 6.03 Å². The molecule has 2 aromatic heterocycles. The van der Waals surface area contributed by atoms with E-state index in [9.17, 15) is 18.0 Å². The maximum Gasteiger partial charge on any atom is 0.320 e. The number of hydrogen-bond donors (Lipinski definition) is 2. The van der Waals surface area contributed by atoms with Crippen LogP contribution in [0.25, 0.3) is 0 Å². The number of rotatable bonds is 4. The molecule has 0 spiro atoms. The lowest BCUT2D eigenvalue weighted by Gasteiger charge is -2.16. The number of carbonyl (C=O) groups is 1. The second-order valence-corrected chi connectivity index (χ2v) is 7.19. The third-order valence-electron chi connectivity index (χ3n) is 5.23. The van der Waals surface area contributed by atoms with Gasteiger partial charge in [-0.3, -0.25) is 5.32 Å². The lowest BCUT2D eigenvalue weighted by atomic mass is 10.0. The summed E-state index contributed by atoms with van der Waals surface area (Å²) in [7, 11) is 0. The summed E-state index contributed by atoms with van der Waals surface area (Å²) >= 11 is 0. The first-order valence-electron chi connectivity index (χ1n) is 9.43. The highest BCUT2D eigenvalue weighted by molar-refractivity contribution is 5.89. The normalized spacial score (nSPS) is 20.7. The second-order valence-electron chi connectivity index (χ2n) is 7.19. The average molecular weight is 428 g/mol. The Labute approximate surface area is 174 Å². The van der Waals surface area contributed by atoms with Gasteiger partial charge in [-0.1, -0.05) is 0 Å². The van der Waals surface area contributed by atoms with Crippen LogP contribution in [0.2, 0.25) is 0 Å². The van der Waals surface area contributed by atoms with Crippen molar-refractivity contribution in [3.8, 4) is 17.2 Å². The molecular formula is C21H15F3N4O3. The molecule has 2 N–H and O–H groups in total. The van der Waals surface area contributed by atoms with Gasteiger partial charge in [-0.05, 0) is 30.3 Å². The van der Waals surface area contributed by atoms with Crippen LogP contribution in [0.4, 0.5) is 23.8 Å². The number of hydrogen-bond acceptors (Lipinski definition) is 5. The summed E-state index contributed by atoms with van der Waals surface area (Å²) in [6.07, 6.45) is 2.64. The fourth-order valence-electron chi connectivity index (χ4n) is 3.76. The molecule has 1 aliphatic heterocycles. The summed E-state index contributed by atoms with van der Waals surface area (Å²) in [6.45, 7) is 0.197. The fraction of sp³-hybridized carbons (Fsp3) is 0.190. The molecule has 1 fully saturated rings. The van der Waals surface area contributed by atoms with Gasteiger partial charge in [0.05, 0.1) is 12.8 Å². The molecule has 3 unspecified atom stereocenters. The van der Waals surface area contributed by atoms with Crippen LogP contribution in [0.15, 0.2) is 48.8 Å². The van der Waals surface area contributed by atoms with Crippen LogP contribution in [0.5, 0.6) is 17.2 Å². The minimum absolute atomic E-state index is 0.0858. The highest BCUT2D eigenvalue weighted by Crippen LogP contribution is 2.55. The summed E-state index contributed by atoms with van der Waals surface area (Å²) in [6, 6.07) is 6.87. The van der Waals surface area contributed by atoms with Gasteiger partial charge in [-0.15, -0.1) is 0 Å². The van der Waals surface area contributed by atoms with Crippen LogP contribution in [-0.2, 0) is 0 Å². The zero-order valence-corrected chi connectivity index (χ0v) is 15.8. The van der Waals surface area contributed by atoms with Crippen molar-refractivity contribution in [1.82, 2.24) is 15.3 Å². The van der Waals surface area contributed by atoms with Crippen molar-refractivity contribution < 1.29 is 27.4 Å². The van der Waals surface area contributed by atoms with Crippen molar-refractivity contribution in [3.63, 3.8) is 0 Å². The first kappa shape index (κ1) is 19.2. The number of carbonyl (C=O) groups excluding carboxylic acids is 1. The SMILES string of the molecule is O=C(Nc1ccc(Oc2ccnc(F)c2)cn1)NC1C2COc3c(F)ccc(F)c3C21. The summed E-state index contributed by atoms with van der Waals surface area (Å²) in [4.78, 5) is 19.9. The molecule has 10 heteroatoms. The van der Waals surface area contributed by atoms with E-state index in [4.69, 9.17) is 9.47 Å². The van der Waals surface area contributed by atoms with Crippen molar-refractivity contribution in [2.24, 2.45) is 5.92 Å². The molecule has 3 atom stereocenters. The number of amides is 2. The van der Waals surface area contributed by atoms with Crippen LogP contribution in [-0.4, -0.2) is 28.6 Å². The van der Waals surface area contributed by atoms with E-state index in [1.54, 1.807) is 6.07 Å². The van der Waals surface area contributed by atoms with Crippen molar-refractivity contribution in [2.45, 2.75) is 12.0 Å². The molecule has 7 nitrogen and oxygen atoms in total. The zero-order chi connectivity index (χ0) is 21.5. The zero-order valence-electron chi connectivity index (χ0n) is 15.8. The number of aromatic nitrogens is 2. The first-order valence-corrected chi connectivity index (χ1v) is 9.43. The van der Waals surface area contributed by atoms with E-state index in [-0.39, 0.29) is 47.4 Å². The van der Waals surface area contributed by atoms with Crippen molar-refractivity contribution in [1.29, 1.82) is 0 Å². The maximum atomic E-state index is 14.2. The molecule has 3 heterocycles. The number of fused-ring (bicyclic) bond motifs is 3.